The maximum Gasteiger partial charge on any atom is 0.350 e. The molecule has 2 atom stereocenters. The molecule has 0 aliphatic carbocycles. The lowest BCUT2D eigenvalue weighted by atomic mass is 9.94. The first kappa shape index (κ1) is 23.2. The molecular formula is C27H26FN5O4. The molecule has 4 heterocycles. The summed E-state index contributed by atoms with van der Waals surface area (Å²) in [5, 5.41) is 3.45. The number of halogens is 1. The van der Waals surface area contributed by atoms with E-state index >= 15 is 4.39 Å². The molecule has 3 aliphatic rings. The number of ether oxygens (including phenoxy) is 1. The summed E-state index contributed by atoms with van der Waals surface area (Å²) in [6.45, 7) is 9.32. The minimum Gasteiger partial charge on any atom is -0.489 e. The highest BCUT2D eigenvalue weighted by atomic mass is 19.1. The van der Waals surface area contributed by atoms with Crippen molar-refractivity contribution in [3.8, 4) is 16.9 Å². The largest absolute Gasteiger partial charge is 0.489 e. The van der Waals surface area contributed by atoms with E-state index in [2.05, 4.69) is 16.9 Å². The number of fused-ring (bicyclic) bond motifs is 1. The van der Waals surface area contributed by atoms with Crippen LogP contribution in [-0.4, -0.2) is 58.0 Å². The third-order valence-corrected chi connectivity index (χ3v) is 7.53. The molecule has 0 saturated carbocycles. The Balaban J connectivity index is 1.55. The molecule has 6 rings (SSSR count). The van der Waals surface area contributed by atoms with Gasteiger partial charge in [0, 0.05) is 48.2 Å². The Hall–Kier alpha value is -4.21. The maximum absolute atomic E-state index is 15.2. The van der Waals surface area contributed by atoms with Crippen molar-refractivity contribution in [2.45, 2.75) is 39.0 Å². The number of anilines is 1. The van der Waals surface area contributed by atoms with Gasteiger partial charge in [-0.05, 0) is 43.7 Å². The van der Waals surface area contributed by atoms with Gasteiger partial charge in [0.15, 0.2) is 5.75 Å². The van der Waals surface area contributed by atoms with Crippen molar-refractivity contribution in [2.75, 3.05) is 24.6 Å². The molecule has 190 valence electrons. The fraction of sp³-hybridized carbons (Fsp3) is 0.333. The van der Waals surface area contributed by atoms with E-state index in [0.29, 0.717) is 65.3 Å². The van der Waals surface area contributed by atoms with Crippen LogP contribution in [-0.2, 0) is 17.9 Å². The number of amides is 2. The second kappa shape index (κ2) is 8.43. The summed E-state index contributed by atoms with van der Waals surface area (Å²) >= 11 is 0. The van der Waals surface area contributed by atoms with Gasteiger partial charge in [-0.2, -0.15) is 4.98 Å². The number of hydrogen-bond acceptors (Lipinski definition) is 6. The highest BCUT2D eigenvalue weighted by molar-refractivity contribution is 6.07. The van der Waals surface area contributed by atoms with Crippen molar-refractivity contribution in [3.63, 3.8) is 0 Å². The van der Waals surface area contributed by atoms with Crippen molar-refractivity contribution in [3.05, 3.63) is 64.3 Å². The van der Waals surface area contributed by atoms with Crippen LogP contribution in [0.5, 0.6) is 5.75 Å². The number of carbonyl (C=O) groups excluding carboxylic acids is 2. The zero-order chi connectivity index (χ0) is 26.0. The van der Waals surface area contributed by atoms with E-state index in [0.717, 1.165) is 0 Å². The molecule has 0 radical (unpaired) electrons. The molecule has 1 aromatic heterocycles. The number of nitrogens with one attached hydrogen (secondary N) is 1. The van der Waals surface area contributed by atoms with Crippen molar-refractivity contribution >= 4 is 28.5 Å². The summed E-state index contributed by atoms with van der Waals surface area (Å²) in [6.07, 6.45) is 1.31. The Kier molecular flexibility index (Phi) is 5.29. The quantitative estimate of drug-likeness (QED) is 0.552. The number of aromatic nitrogens is 2. The van der Waals surface area contributed by atoms with E-state index < -0.39 is 11.5 Å². The number of piperazine rings is 1. The third kappa shape index (κ3) is 3.42. The predicted octanol–water partition coefficient (Wildman–Crippen LogP) is 2.45. The molecule has 37 heavy (non-hydrogen) atoms. The van der Waals surface area contributed by atoms with Crippen LogP contribution in [0.15, 0.2) is 41.7 Å². The lowest BCUT2D eigenvalue weighted by Crippen LogP contribution is -2.58. The van der Waals surface area contributed by atoms with Crippen LogP contribution in [0.25, 0.3) is 22.0 Å². The Bertz CT molecular complexity index is 1560. The number of hydrogen-bond donors (Lipinski definition) is 1. The smallest absolute Gasteiger partial charge is 0.350 e. The van der Waals surface area contributed by atoms with Crippen LogP contribution >= 0.6 is 0 Å². The van der Waals surface area contributed by atoms with E-state index in [-0.39, 0.29) is 36.1 Å². The molecule has 1 saturated heterocycles. The minimum absolute atomic E-state index is 0.114. The Morgan fingerprint density at radius 2 is 1.97 bits per heavy atom. The van der Waals surface area contributed by atoms with Crippen molar-refractivity contribution in [1.82, 2.24) is 19.8 Å². The normalized spacial score (nSPS) is 20.5. The SMILES string of the molecule is C=CC(=O)N1C[C@H](C)N(c2nc(=O)n3c4c(c(-c5c(F)ccc6c5C(=O)NC6)ccc24)OCC3)C[C@H]1C. The van der Waals surface area contributed by atoms with Crippen LogP contribution in [0.2, 0.25) is 0 Å². The predicted molar refractivity (Wildman–Crippen MR) is 136 cm³/mol. The van der Waals surface area contributed by atoms with Gasteiger partial charge < -0.3 is 19.9 Å². The average Bonchev–Trinajstić information content (AvgIpc) is 3.27. The van der Waals surface area contributed by atoms with Crippen molar-refractivity contribution in [1.29, 1.82) is 0 Å². The van der Waals surface area contributed by atoms with Gasteiger partial charge in [-0.15, -0.1) is 0 Å². The second-order valence-corrected chi connectivity index (χ2v) is 9.74. The van der Waals surface area contributed by atoms with Crippen LogP contribution < -0.4 is 20.6 Å². The zero-order valence-electron chi connectivity index (χ0n) is 20.6. The van der Waals surface area contributed by atoms with Gasteiger partial charge in [0.25, 0.3) is 5.91 Å². The van der Waals surface area contributed by atoms with Gasteiger partial charge in [0.2, 0.25) is 5.91 Å². The fourth-order valence-corrected chi connectivity index (χ4v) is 5.74. The zero-order valence-corrected chi connectivity index (χ0v) is 20.6. The Labute approximate surface area is 212 Å². The molecule has 0 bridgehead atoms. The molecule has 10 heteroatoms. The second-order valence-electron chi connectivity index (χ2n) is 9.74. The topological polar surface area (TPSA) is 96.8 Å². The fourth-order valence-electron chi connectivity index (χ4n) is 5.74. The lowest BCUT2D eigenvalue weighted by molar-refractivity contribution is -0.128. The van der Waals surface area contributed by atoms with E-state index in [1.54, 1.807) is 21.6 Å². The molecule has 9 nitrogen and oxygen atoms in total. The molecule has 3 aromatic rings. The maximum atomic E-state index is 15.2. The first-order valence-electron chi connectivity index (χ1n) is 12.3. The minimum atomic E-state index is -0.533. The molecule has 2 amide bonds. The van der Waals surface area contributed by atoms with Gasteiger partial charge in [0.1, 0.15) is 18.2 Å². The van der Waals surface area contributed by atoms with Crippen LogP contribution in [0.4, 0.5) is 10.2 Å². The number of carbonyl (C=O) groups is 2. The highest BCUT2D eigenvalue weighted by Crippen LogP contribution is 2.44. The Morgan fingerprint density at radius 1 is 1.16 bits per heavy atom. The molecule has 2 aromatic carbocycles. The summed E-state index contributed by atoms with van der Waals surface area (Å²) in [5.41, 5.74) is 1.70. The van der Waals surface area contributed by atoms with Crippen LogP contribution in [0.3, 0.4) is 0 Å². The molecule has 0 spiro atoms. The first-order valence-corrected chi connectivity index (χ1v) is 12.3. The highest BCUT2D eigenvalue weighted by Gasteiger charge is 2.35. The molecule has 3 aliphatic heterocycles. The van der Waals surface area contributed by atoms with E-state index in [9.17, 15) is 14.4 Å². The van der Waals surface area contributed by atoms with Gasteiger partial charge in [-0.25, -0.2) is 9.18 Å². The number of benzene rings is 2. The monoisotopic (exact) mass is 503 g/mol. The first-order chi connectivity index (χ1) is 17.8. The van der Waals surface area contributed by atoms with Crippen molar-refractivity contribution in [2.24, 2.45) is 0 Å². The molecule has 1 N–H and O–H groups in total. The van der Waals surface area contributed by atoms with E-state index in [1.165, 1.54) is 12.1 Å². The summed E-state index contributed by atoms with van der Waals surface area (Å²) in [4.78, 5) is 46.4. The van der Waals surface area contributed by atoms with Gasteiger partial charge in [-0.3, -0.25) is 14.2 Å². The Morgan fingerprint density at radius 3 is 2.76 bits per heavy atom. The summed E-state index contributed by atoms with van der Waals surface area (Å²) in [6, 6.07) is 6.27. The lowest BCUT2D eigenvalue weighted by Gasteiger charge is -2.44. The van der Waals surface area contributed by atoms with E-state index in [1.807, 2.05) is 24.8 Å². The van der Waals surface area contributed by atoms with Gasteiger partial charge in [0.05, 0.1) is 17.6 Å². The van der Waals surface area contributed by atoms with Gasteiger partial charge in [-0.1, -0.05) is 12.6 Å². The third-order valence-electron chi connectivity index (χ3n) is 7.53. The standard InChI is InChI=1S/C27H26FN5O4/c1-4-20(34)32-12-15(3)33(13-14(32)2)25-18-7-6-17(24-23(18)31(9-10-37-24)27(36)30-25)22-19(28)8-5-16-11-29-26(35)21(16)22/h4-8,14-15H,1,9-13H2,2-3H3,(H,29,35)/t14-,15+/m1/s1. The summed E-state index contributed by atoms with van der Waals surface area (Å²) < 4.78 is 22.9. The number of rotatable bonds is 3. The summed E-state index contributed by atoms with van der Waals surface area (Å²) in [5.74, 6) is -0.151. The average molecular weight is 504 g/mol. The van der Waals surface area contributed by atoms with Gasteiger partial charge >= 0.3 is 5.69 Å². The molecular weight excluding hydrogens is 477 g/mol. The number of nitrogens with zero attached hydrogens (tertiary/aromatic N) is 4. The van der Waals surface area contributed by atoms with Crippen LogP contribution in [0.1, 0.15) is 29.8 Å². The molecule has 0 unspecified atom stereocenters. The van der Waals surface area contributed by atoms with Crippen molar-refractivity contribution < 1.29 is 18.7 Å². The summed E-state index contributed by atoms with van der Waals surface area (Å²) in [7, 11) is 0. The van der Waals surface area contributed by atoms with Crippen LogP contribution in [0, 0.1) is 5.82 Å². The van der Waals surface area contributed by atoms with E-state index in [4.69, 9.17) is 4.74 Å². The molecule has 1 fully saturated rings.